The monoisotopic (exact) mass is 388 g/mol. The van der Waals surface area contributed by atoms with E-state index in [0.717, 1.165) is 5.56 Å². The maximum absolute atomic E-state index is 13.2. The Morgan fingerprint density at radius 1 is 0.964 bits per heavy atom. The molecule has 4 aromatic rings. The normalized spacial score (nSPS) is 11.2. The van der Waals surface area contributed by atoms with Gasteiger partial charge < -0.3 is 4.74 Å². The molecular formula is C23H17ClN2O2. The average molecular weight is 389 g/mol. The van der Waals surface area contributed by atoms with Gasteiger partial charge in [0.2, 0.25) is 0 Å². The summed E-state index contributed by atoms with van der Waals surface area (Å²) >= 11 is 5.96. The minimum absolute atomic E-state index is 0.130. The van der Waals surface area contributed by atoms with Crippen molar-refractivity contribution in [1.82, 2.24) is 9.55 Å². The molecule has 0 atom stereocenters. The van der Waals surface area contributed by atoms with Gasteiger partial charge in [-0.2, -0.15) is 0 Å². The summed E-state index contributed by atoms with van der Waals surface area (Å²) in [5.74, 6) is 1.21. The van der Waals surface area contributed by atoms with Gasteiger partial charge in [-0.15, -0.1) is 0 Å². The molecular weight excluding hydrogens is 372 g/mol. The van der Waals surface area contributed by atoms with E-state index in [2.05, 4.69) is 0 Å². The van der Waals surface area contributed by atoms with E-state index in [9.17, 15) is 4.79 Å². The molecule has 5 heteroatoms. The smallest absolute Gasteiger partial charge is 0.266 e. The molecule has 4 nitrogen and oxygen atoms in total. The molecule has 0 saturated carbocycles. The second-order valence-corrected chi connectivity index (χ2v) is 6.65. The highest BCUT2D eigenvalue weighted by Gasteiger charge is 2.11. The summed E-state index contributed by atoms with van der Waals surface area (Å²) in [6.07, 6.45) is 3.74. The molecule has 0 fully saturated rings. The molecule has 0 amide bonds. The Hall–Kier alpha value is -3.37. The van der Waals surface area contributed by atoms with Crippen molar-refractivity contribution in [2.45, 2.75) is 0 Å². The zero-order valence-electron chi connectivity index (χ0n) is 15.2. The van der Waals surface area contributed by atoms with Crippen LogP contribution in [0.1, 0.15) is 11.4 Å². The number of para-hydroxylation sites is 1. The van der Waals surface area contributed by atoms with Crippen LogP contribution < -0.4 is 10.3 Å². The number of fused-ring (bicyclic) bond motifs is 1. The van der Waals surface area contributed by atoms with Crippen LogP contribution in [0.25, 0.3) is 28.7 Å². The van der Waals surface area contributed by atoms with Gasteiger partial charge in [-0.05, 0) is 48.0 Å². The van der Waals surface area contributed by atoms with Crippen LogP contribution >= 0.6 is 11.6 Å². The molecule has 1 aromatic heterocycles. The lowest BCUT2D eigenvalue weighted by Gasteiger charge is -2.12. The highest BCUT2D eigenvalue weighted by Crippen LogP contribution is 2.19. The first-order chi connectivity index (χ1) is 13.7. The molecule has 0 unspecified atom stereocenters. The number of hydrogen-bond acceptors (Lipinski definition) is 3. The van der Waals surface area contributed by atoms with Gasteiger partial charge in [-0.1, -0.05) is 48.0 Å². The molecule has 0 N–H and O–H groups in total. The number of aromatic nitrogens is 2. The van der Waals surface area contributed by atoms with Crippen molar-refractivity contribution >= 4 is 34.7 Å². The SMILES string of the molecule is COc1cccc(-n2c(C=Cc3ccc(Cl)cc3)nc3ccccc3c2=O)c1. The molecule has 0 aliphatic rings. The molecule has 3 aromatic carbocycles. The first-order valence-corrected chi connectivity index (χ1v) is 9.13. The number of hydrogen-bond donors (Lipinski definition) is 0. The third-order valence-corrected chi connectivity index (χ3v) is 4.66. The molecule has 0 bridgehead atoms. The van der Waals surface area contributed by atoms with Gasteiger partial charge in [0.1, 0.15) is 11.6 Å². The first-order valence-electron chi connectivity index (χ1n) is 8.75. The minimum Gasteiger partial charge on any atom is -0.497 e. The fourth-order valence-electron chi connectivity index (χ4n) is 3.01. The molecule has 28 heavy (non-hydrogen) atoms. The van der Waals surface area contributed by atoms with Crippen LogP contribution in [0, 0.1) is 0 Å². The Labute approximate surface area is 167 Å². The number of methoxy groups -OCH3 is 1. The third kappa shape index (κ3) is 3.55. The summed E-state index contributed by atoms with van der Waals surface area (Å²) in [6, 6.07) is 22.2. The average Bonchev–Trinajstić information content (AvgIpc) is 2.73. The zero-order valence-corrected chi connectivity index (χ0v) is 15.9. The Kier molecular flexibility index (Phi) is 4.96. The van der Waals surface area contributed by atoms with E-state index in [1.165, 1.54) is 0 Å². The fraction of sp³-hybridized carbons (Fsp3) is 0.0435. The lowest BCUT2D eigenvalue weighted by Crippen LogP contribution is -2.22. The van der Waals surface area contributed by atoms with E-state index in [-0.39, 0.29) is 5.56 Å². The molecule has 0 saturated heterocycles. The molecule has 0 aliphatic heterocycles. The molecule has 138 valence electrons. The number of ether oxygens (including phenoxy) is 1. The standard InChI is InChI=1S/C23H17ClN2O2/c1-28-19-6-4-5-18(15-19)26-22(14-11-16-9-12-17(24)13-10-16)25-21-8-3-2-7-20(21)23(26)27/h2-15H,1H3. The zero-order chi connectivity index (χ0) is 19.5. The van der Waals surface area contributed by atoms with Crippen LogP contribution in [0.5, 0.6) is 5.75 Å². The van der Waals surface area contributed by atoms with Crippen molar-refractivity contribution in [3.63, 3.8) is 0 Å². The van der Waals surface area contributed by atoms with Gasteiger partial charge in [-0.25, -0.2) is 4.98 Å². The Morgan fingerprint density at radius 3 is 2.54 bits per heavy atom. The van der Waals surface area contributed by atoms with Crippen LogP contribution in [-0.4, -0.2) is 16.7 Å². The van der Waals surface area contributed by atoms with Gasteiger partial charge in [0, 0.05) is 11.1 Å². The second kappa shape index (κ2) is 7.71. The van der Waals surface area contributed by atoms with Crippen LogP contribution in [0.3, 0.4) is 0 Å². The first kappa shape index (κ1) is 18.0. The van der Waals surface area contributed by atoms with E-state index < -0.39 is 0 Å². The summed E-state index contributed by atoms with van der Waals surface area (Å²) in [5, 5.41) is 1.24. The van der Waals surface area contributed by atoms with Crippen LogP contribution in [0.4, 0.5) is 0 Å². The number of rotatable bonds is 4. The predicted octanol–water partition coefficient (Wildman–Crippen LogP) is 5.22. The quantitative estimate of drug-likeness (QED) is 0.481. The van der Waals surface area contributed by atoms with Crippen molar-refractivity contribution in [2.75, 3.05) is 7.11 Å². The number of benzene rings is 3. The van der Waals surface area contributed by atoms with Crippen molar-refractivity contribution in [3.05, 3.63) is 99.6 Å². The number of nitrogens with zero attached hydrogens (tertiary/aromatic N) is 2. The highest BCUT2D eigenvalue weighted by molar-refractivity contribution is 6.30. The van der Waals surface area contributed by atoms with Crippen molar-refractivity contribution in [3.8, 4) is 11.4 Å². The Balaban J connectivity index is 1.92. The van der Waals surface area contributed by atoms with Crippen molar-refractivity contribution < 1.29 is 4.74 Å². The summed E-state index contributed by atoms with van der Waals surface area (Å²) < 4.78 is 6.91. The Morgan fingerprint density at radius 2 is 1.75 bits per heavy atom. The van der Waals surface area contributed by atoms with Crippen LogP contribution in [-0.2, 0) is 0 Å². The van der Waals surface area contributed by atoms with E-state index in [1.54, 1.807) is 17.7 Å². The van der Waals surface area contributed by atoms with Crippen LogP contribution in [0.15, 0.2) is 77.6 Å². The second-order valence-electron chi connectivity index (χ2n) is 6.21. The van der Waals surface area contributed by atoms with Gasteiger partial charge in [0.15, 0.2) is 0 Å². The topological polar surface area (TPSA) is 44.1 Å². The van der Waals surface area contributed by atoms with Crippen LogP contribution in [0.2, 0.25) is 5.02 Å². The molecule has 0 aliphatic carbocycles. The van der Waals surface area contributed by atoms with Crippen molar-refractivity contribution in [2.24, 2.45) is 0 Å². The van der Waals surface area contributed by atoms with E-state index in [0.29, 0.717) is 33.2 Å². The summed E-state index contributed by atoms with van der Waals surface area (Å²) in [4.78, 5) is 17.9. The maximum atomic E-state index is 13.2. The lowest BCUT2D eigenvalue weighted by atomic mass is 10.2. The minimum atomic E-state index is -0.130. The third-order valence-electron chi connectivity index (χ3n) is 4.41. The summed E-state index contributed by atoms with van der Waals surface area (Å²) in [7, 11) is 1.60. The summed E-state index contributed by atoms with van der Waals surface area (Å²) in [6.45, 7) is 0. The van der Waals surface area contributed by atoms with Gasteiger partial charge in [0.25, 0.3) is 5.56 Å². The van der Waals surface area contributed by atoms with Gasteiger partial charge in [-0.3, -0.25) is 9.36 Å². The van der Waals surface area contributed by atoms with Gasteiger partial charge >= 0.3 is 0 Å². The van der Waals surface area contributed by atoms with E-state index >= 15 is 0 Å². The highest BCUT2D eigenvalue weighted by atomic mass is 35.5. The van der Waals surface area contributed by atoms with Gasteiger partial charge in [0.05, 0.1) is 23.7 Å². The Bertz CT molecular complexity index is 1230. The molecule has 1 heterocycles. The molecule has 0 spiro atoms. The number of halogens is 1. The van der Waals surface area contributed by atoms with Crippen molar-refractivity contribution in [1.29, 1.82) is 0 Å². The van der Waals surface area contributed by atoms with E-state index in [1.807, 2.05) is 78.9 Å². The largest absolute Gasteiger partial charge is 0.497 e. The molecule has 0 radical (unpaired) electrons. The summed E-state index contributed by atoms with van der Waals surface area (Å²) in [5.41, 5.74) is 2.18. The predicted molar refractivity (Wildman–Crippen MR) is 114 cm³/mol. The fourth-order valence-corrected chi connectivity index (χ4v) is 3.13. The van der Waals surface area contributed by atoms with E-state index in [4.69, 9.17) is 21.3 Å². The maximum Gasteiger partial charge on any atom is 0.266 e. The lowest BCUT2D eigenvalue weighted by molar-refractivity contribution is 0.414. The molecule has 4 rings (SSSR count).